The third kappa shape index (κ3) is 5.33. The minimum atomic E-state index is -0.983. The average Bonchev–Trinajstić information content (AvgIpc) is 2.84. The quantitative estimate of drug-likeness (QED) is 0.391. The minimum Gasteiger partial charge on any atom is -0.481 e. The molecule has 0 fully saturated rings. The van der Waals surface area contributed by atoms with Gasteiger partial charge in [0.1, 0.15) is 5.69 Å². The lowest BCUT2D eigenvalue weighted by atomic mass is 9.98. The number of nitrogens with one attached hydrogen (secondary N) is 1. The Hall–Kier alpha value is -4.25. The molecule has 0 saturated carbocycles. The van der Waals surface area contributed by atoms with Crippen molar-refractivity contribution in [2.45, 2.75) is 19.4 Å². The van der Waals surface area contributed by atoms with Gasteiger partial charge in [-0.15, -0.1) is 0 Å². The van der Waals surface area contributed by atoms with Gasteiger partial charge in [0.25, 0.3) is 5.91 Å². The topological polar surface area (TPSA) is 79.3 Å². The zero-order valence-corrected chi connectivity index (χ0v) is 18.2. The summed E-state index contributed by atoms with van der Waals surface area (Å²) in [5.74, 6) is -1.39. The molecule has 5 heteroatoms. The van der Waals surface area contributed by atoms with Crippen LogP contribution in [-0.2, 0) is 4.79 Å². The van der Waals surface area contributed by atoms with E-state index >= 15 is 0 Å². The number of carboxylic acid groups (broad SMARTS) is 1. The Labute approximate surface area is 192 Å². The van der Waals surface area contributed by atoms with Gasteiger partial charge in [-0.1, -0.05) is 78.9 Å². The van der Waals surface area contributed by atoms with Crippen LogP contribution >= 0.6 is 0 Å². The van der Waals surface area contributed by atoms with Crippen LogP contribution in [0, 0.1) is 6.92 Å². The first-order chi connectivity index (χ1) is 16.0. The van der Waals surface area contributed by atoms with Crippen LogP contribution in [0.5, 0.6) is 0 Å². The van der Waals surface area contributed by atoms with Gasteiger partial charge in [-0.2, -0.15) is 0 Å². The highest BCUT2D eigenvalue weighted by molar-refractivity contribution is 5.93. The van der Waals surface area contributed by atoms with Crippen LogP contribution in [0.25, 0.3) is 22.4 Å². The van der Waals surface area contributed by atoms with Gasteiger partial charge < -0.3 is 10.4 Å². The lowest BCUT2D eigenvalue weighted by Gasteiger charge is -2.19. The summed E-state index contributed by atoms with van der Waals surface area (Å²) in [6.45, 7) is 1.90. The highest BCUT2D eigenvalue weighted by Gasteiger charge is 2.21. The number of hydrogen-bond donors (Lipinski definition) is 2. The van der Waals surface area contributed by atoms with Gasteiger partial charge in [0.05, 0.1) is 18.2 Å². The molecule has 0 aliphatic heterocycles. The van der Waals surface area contributed by atoms with E-state index in [1.807, 2.05) is 91.9 Å². The highest BCUT2D eigenvalue weighted by atomic mass is 16.4. The Kier molecular flexibility index (Phi) is 6.60. The number of pyridine rings is 1. The first-order valence-corrected chi connectivity index (χ1v) is 10.7. The zero-order valence-electron chi connectivity index (χ0n) is 18.2. The number of aryl methyl sites for hydroxylation is 1. The summed E-state index contributed by atoms with van der Waals surface area (Å²) in [6, 6.07) is 30.1. The van der Waals surface area contributed by atoms with Gasteiger partial charge in [0.2, 0.25) is 0 Å². The van der Waals surface area contributed by atoms with Gasteiger partial charge in [0, 0.05) is 5.56 Å². The van der Waals surface area contributed by atoms with Crippen molar-refractivity contribution in [1.82, 2.24) is 10.3 Å². The van der Waals surface area contributed by atoms with Crippen molar-refractivity contribution < 1.29 is 14.7 Å². The van der Waals surface area contributed by atoms with Crippen molar-refractivity contribution in [1.29, 1.82) is 0 Å². The molecule has 5 nitrogen and oxygen atoms in total. The average molecular weight is 437 g/mol. The summed E-state index contributed by atoms with van der Waals surface area (Å²) < 4.78 is 0. The predicted molar refractivity (Wildman–Crippen MR) is 129 cm³/mol. The Morgan fingerprint density at radius 2 is 1.48 bits per heavy atom. The van der Waals surface area contributed by atoms with Gasteiger partial charge in [-0.3, -0.25) is 9.59 Å². The maximum absolute atomic E-state index is 13.0. The summed E-state index contributed by atoms with van der Waals surface area (Å²) >= 11 is 0. The molecule has 3 aromatic carbocycles. The van der Waals surface area contributed by atoms with E-state index in [2.05, 4.69) is 10.3 Å². The van der Waals surface area contributed by atoms with Crippen LogP contribution in [0.15, 0.2) is 97.1 Å². The largest absolute Gasteiger partial charge is 0.481 e. The van der Waals surface area contributed by atoms with Crippen molar-refractivity contribution in [2.24, 2.45) is 0 Å². The van der Waals surface area contributed by atoms with Crippen LogP contribution in [0.4, 0.5) is 0 Å². The first kappa shape index (κ1) is 22.0. The van der Waals surface area contributed by atoms with E-state index in [1.165, 1.54) is 0 Å². The molecule has 0 aliphatic rings. The van der Waals surface area contributed by atoms with Crippen LogP contribution in [0.3, 0.4) is 0 Å². The maximum Gasteiger partial charge on any atom is 0.305 e. The molecule has 0 bridgehead atoms. The van der Waals surface area contributed by atoms with Crippen LogP contribution < -0.4 is 5.32 Å². The molecule has 0 radical (unpaired) electrons. The Balaban J connectivity index is 1.60. The molecule has 2 N–H and O–H groups in total. The number of benzene rings is 3. The number of amides is 1. The van der Waals surface area contributed by atoms with Crippen LogP contribution in [0.1, 0.15) is 34.1 Å². The molecular weight excluding hydrogens is 412 g/mol. The second kappa shape index (κ2) is 9.92. The molecule has 1 atom stereocenters. The molecule has 0 spiro atoms. The number of aromatic nitrogens is 1. The standard InChI is InChI=1S/C28H24N2O3/c1-19-9-5-6-14-23(19)26(18-27(31)32)30-28(33)25-16-8-15-24(29-25)22-13-7-12-21(17-22)20-10-3-2-4-11-20/h2-17,26H,18H2,1H3,(H,30,33)(H,31,32)/t26-/m0/s1. The zero-order chi connectivity index (χ0) is 23.2. The molecule has 0 saturated heterocycles. The van der Waals surface area contributed by atoms with Crippen LogP contribution in [-0.4, -0.2) is 22.0 Å². The van der Waals surface area contributed by atoms with E-state index in [0.29, 0.717) is 5.69 Å². The van der Waals surface area contributed by atoms with Crippen molar-refractivity contribution in [2.75, 3.05) is 0 Å². The molecule has 33 heavy (non-hydrogen) atoms. The fraction of sp³-hybridized carbons (Fsp3) is 0.107. The third-order valence-electron chi connectivity index (χ3n) is 5.50. The summed E-state index contributed by atoms with van der Waals surface area (Å²) in [4.78, 5) is 29.0. The van der Waals surface area contributed by atoms with Gasteiger partial charge in [-0.25, -0.2) is 4.98 Å². The monoisotopic (exact) mass is 436 g/mol. The lowest BCUT2D eigenvalue weighted by Crippen LogP contribution is -2.31. The lowest BCUT2D eigenvalue weighted by molar-refractivity contribution is -0.137. The highest BCUT2D eigenvalue weighted by Crippen LogP contribution is 2.26. The Bertz CT molecular complexity index is 1290. The van der Waals surface area contributed by atoms with E-state index in [1.54, 1.807) is 12.1 Å². The van der Waals surface area contributed by atoms with Gasteiger partial charge >= 0.3 is 5.97 Å². The molecule has 1 amide bonds. The van der Waals surface area contributed by atoms with Crippen molar-refractivity contribution >= 4 is 11.9 Å². The van der Waals surface area contributed by atoms with E-state index in [0.717, 1.165) is 27.8 Å². The fourth-order valence-electron chi connectivity index (χ4n) is 3.83. The Morgan fingerprint density at radius 3 is 2.24 bits per heavy atom. The second-order valence-electron chi connectivity index (χ2n) is 7.84. The summed E-state index contributed by atoms with van der Waals surface area (Å²) in [5.41, 5.74) is 5.66. The summed E-state index contributed by atoms with van der Waals surface area (Å²) in [6.07, 6.45) is -0.213. The predicted octanol–water partition coefficient (Wildman–Crippen LogP) is 5.67. The SMILES string of the molecule is Cc1ccccc1[C@H](CC(=O)O)NC(=O)c1cccc(-c2cccc(-c3ccccc3)c2)n1. The second-order valence-corrected chi connectivity index (χ2v) is 7.84. The van der Waals surface area contributed by atoms with Crippen molar-refractivity contribution in [3.8, 4) is 22.4 Å². The van der Waals surface area contributed by atoms with Crippen molar-refractivity contribution in [3.05, 3.63) is 114 Å². The molecule has 4 aromatic rings. The van der Waals surface area contributed by atoms with Crippen LogP contribution in [0.2, 0.25) is 0 Å². The normalized spacial score (nSPS) is 11.5. The minimum absolute atomic E-state index is 0.213. The maximum atomic E-state index is 13.0. The number of aliphatic carboxylic acids is 1. The first-order valence-electron chi connectivity index (χ1n) is 10.7. The number of hydrogen-bond acceptors (Lipinski definition) is 3. The third-order valence-corrected chi connectivity index (χ3v) is 5.50. The van der Waals surface area contributed by atoms with E-state index in [-0.39, 0.29) is 12.1 Å². The molecule has 164 valence electrons. The van der Waals surface area contributed by atoms with Crippen molar-refractivity contribution in [3.63, 3.8) is 0 Å². The molecular formula is C28H24N2O3. The van der Waals surface area contributed by atoms with E-state index in [9.17, 15) is 14.7 Å². The van der Waals surface area contributed by atoms with Gasteiger partial charge in [0.15, 0.2) is 0 Å². The number of carboxylic acids is 1. The van der Waals surface area contributed by atoms with E-state index < -0.39 is 17.9 Å². The summed E-state index contributed by atoms with van der Waals surface area (Å²) in [5, 5.41) is 12.2. The number of carbonyl (C=O) groups is 2. The number of carbonyl (C=O) groups excluding carboxylic acids is 1. The Morgan fingerprint density at radius 1 is 0.818 bits per heavy atom. The smallest absolute Gasteiger partial charge is 0.305 e. The molecule has 0 aliphatic carbocycles. The van der Waals surface area contributed by atoms with E-state index in [4.69, 9.17) is 0 Å². The molecule has 1 heterocycles. The summed E-state index contributed by atoms with van der Waals surface area (Å²) in [7, 11) is 0. The number of rotatable bonds is 7. The fourth-order valence-corrected chi connectivity index (χ4v) is 3.83. The molecule has 4 rings (SSSR count). The molecule has 0 unspecified atom stereocenters. The molecule has 1 aromatic heterocycles. The number of nitrogens with zero attached hydrogens (tertiary/aromatic N) is 1. The van der Waals surface area contributed by atoms with Gasteiger partial charge in [-0.05, 0) is 47.4 Å².